The van der Waals surface area contributed by atoms with Crippen molar-refractivity contribution in [1.29, 1.82) is 0 Å². The standard InChI is InChI=1S/C22H30N2O/c1-21-10-8-16(25)14-15(21)4-5-17-18-6-7-20(24-13-3-12-23-24)22(18,2)11-9-19(17)21/h3-4,7,12-13,16-19,25H,5-6,8-11,14H2,1-2H3/t16-,17-,18-,19-,21-,22-/m0/s1. The first-order valence-corrected chi connectivity index (χ1v) is 10.1. The topological polar surface area (TPSA) is 38.0 Å². The Kier molecular flexibility index (Phi) is 3.38. The van der Waals surface area contributed by atoms with Gasteiger partial charge in [-0.1, -0.05) is 31.6 Å². The molecule has 0 unspecified atom stereocenters. The van der Waals surface area contributed by atoms with Crippen LogP contribution in [-0.2, 0) is 0 Å². The van der Waals surface area contributed by atoms with Crippen LogP contribution in [0.4, 0.5) is 0 Å². The molecule has 2 fully saturated rings. The summed E-state index contributed by atoms with van der Waals surface area (Å²) in [5, 5.41) is 14.7. The van der Waals surface area contributed by atoms with E-state index in [1.807, 2.05) is 12.3 Å². The van der Waals surface area contributed by atoms with Crippen molar-refractivity contribution in [2.45, 2.75) is 64.9 Å². The maximum absolute atomic E-state index is 10.1. The van der Waals surface area contributed by atoms with Crippen molar-refractivity contribution in [3.05, 3.63) is 36.2 Å². The van der Waals surface area contributed by atoms with Gasteiger partial charge in [-0.25, -0.2) is 4.68 Å². The highest BCUT2D eigenvalue weighted by molar-refractivity contribution is 5.56. The highest BCUT2D eigenvalue weighted by Gasteiger charge is 2.57. The van der Waals surface area contributed by atoms with Crippen LogP contribution < -0.4 is 0 Å². The molecule has 0 aromatic carbocycles. The molecule has 0 spiro atoms. The second-order valence-corrected chi connectivity index (χ2v) is 9.39. The number of fused-ring (bicyclic) bond motifs is 5. The van der Waals surface area contributed by atoms with E-state index in [0.29, 0.717) is 5.41 Å². The van der Waals surface area contributed by atoms with Crippen LogP contribution in [0.5, 0.6) is 0 Å². The minimum absolute atomic E-state index is 0.107. The molecule has 0 saturated heterocycles. The number of aromatic nitrogens is 2. The Bertz CT molecular complexity index is 733. The molecule has 3 nitrogen and oxygen atoms in total. The van der Waals surface area contributed by atoms with Crippen LogP contribution in [0.3, 0.4) is 0 Å². The fraction of sp³-hybridized carbons (Fsp3) is 0.682. The molecule has 1 aromatic rings. The van der Waals surface area contributed by atoms with Gasteiger partial charge in [-0.05, 0) is 74.2 Å². The molecule has 0 amide bonds. The summed E-state index contributed by atoms with van der Waals surface area (Å²) in [7, 11) is 0. The van der Waals surface area contributed by atoms with Crippen molar-refractivity contribution >= 4 is 5.70 Å². The zero-order valence-electron chi connectivity index (χ0n) is 15.5. The van der Waals surface area contributed by atoms with Gasteiger partial charge in [-0.2, -0.15) is 5.10 Å². The van der Waals surface area contributed by atoms with E-state index in [4.69, 9.17) is 0 Å². The first-order chi connectivity index (χ1) is 12.0. The van der Waals surface area contributed by atoms with Gasteiger partial charge in [0.2, 0.25) is 0 Å². The Morgan fingerprint density at radius 1 is 1.08 bits per heavy atom. The first kappa shape index (κ1) is 15.9. The number of aliphatic hydroxyl groups excluding tert-OH is 1. The molecule has 1 N–H and O–H groups in total. The average Bonchev–Trinajstić information content (AvgIpc) is 3.22. The Hall–Kier alpha value is -1.35. The second-order valence-electron chi connectivity index (χ2n) is 9.39. The van der Waals surface area contributed by atoms with Gasteiger partial charge in [0, 0.05) is 23.5 Å². The summed E-state index contributed by atoms with van der Waals surface area (Å²) in [4.78, 5) is 0. The van der Waals surface area contributed by atoms with E-state index in [-0.39, 0.29) is 11.5 Å². The van der Waals surface area contributed by atoms with Gasteiger partial charge in [0.15, 0.2) is 0 Å². The lowest BCUT2D eigenvalue weighted by Gasteiger charge is -2.57. The molecule has 1 heterocycles. The molecule has 0 radical (unpaired) electrons. The number of nitrogens with zero attached hydrogens (tertiary/aromatic N) is 2. The molecule has 4 aliphatic carbocycles. The Balaban J connectivity index is 1.48. The maximum atomic E-state index is 10.1. The number of aliphatic hydroxyl groups is 1. The third kappa shape index (κ3) is 2.11. The molecule has 1 aromatic heterocycles. The number of hydrogen-bond donors (Lipinski definition) is 1. The van der Waals surface area contributed by atoms with E-state index in [9.17, 15) is 5.11 Å². The van der Waals surface area contributed by atoms with E-state index >= 15 is 0 Å². The van der Waals surface area contributed by atoms with Gasteiger partial charge < -0.3 is 5.11 Å². The summed E-state index contributed by atoms with van der Waals surface area (Å²) in [6, 6.07) is 2.03. The summed E-state index contributed by atoms with van der Waals surface area (Å²) >= 11 is 0. The van der Waals surface area contributed by atoms with Crippen molar-refractivity contribution in [3.8, 4) is 0 Å². The molecule has 2 saturated carbocycles. The molecular weight excluding hydrogens is 308 g/mol. The molecule has 5 rings (SSSR count). The SMILES string of the molecule is C[C@]12CC[C@H](O)CC1=CC[C@@H]1[C@@H]2CC[C@]2(C)C(n3cccn3)=CC[C@@H]12. The van der Waals surface area contributed by atoms with E-state index in [2.05, 4.69) is 42.0 Å². The van der Waals surface area contributed by atoms with Gasteiger partial charge in [-0.3, -0.25) is 0 Å². The zero-order chi connectivity index (χ0) is 17.2. The fourth-order valence-electron chi connectivity index (χ4n) is 6.95. The van der Waals surface area contributed by atoms with Gasteiger partial charge in [-0.15, -0.1) is 0 Å². The fourth-order valence-corrected chi connectivity index (χ4v) is 6.95. The highest BCUT2D eigenvalue weighted by atomic mass is 16.3. The zero-order valence-corrected chi connectivity index (χ0v) is 15.5. The highest BCUT2D eigenvalue weighted by Crippen LogP contribution is 2.65. The summed E-state index contributed by atoms with van der Waals surface area (Å²) in [6.45, 7) is 4.99. The summed E-state index contributed by atoms with van der Waals surface area (Å²) < 4.78 is 2.11. The Morgan fingerprint density at radius 2 is 1.92 bits per heavy atom. The molecule has 134 valence electrons. The molecule has 4 aliphatic rings. The van der Waals surface area contributed by atoms with Crippen molar-refractivity contribution in [1.82, 2.24) is 9.78 Å². The van der Waals surface area contributed by atoms with Crippen molar-refractivity contribution in [3.63, 3.8) is 0 Å². The van der Waals surface area contributed by atoms with Crippen molar-refractivity contribution in [2.24, 2.45) is 28.6 Å². The third-order valence-corrected chi connectivity index (χ3v) is 8.37. The van der Waals surface area contributed by atoms with E-state index in [1.54, 1.807) is 5.57 Å². The lowest BCUT2D eigenvalue weighted by molar-refractivity contribution is -0.0251. The lowest BCUT2D eigenvalue weighted by Crippen LogP contribution is -2.50. The quantitative estimate of drug-likeness (QED) is 0.756. The van der Waals surface area contributed by atoms with Crippen LogP contribution in [0.15, 0.2) is 36.2 Å². The first-order valence-electron chi connectivity index (χ1n) is 10.1. The molecule has 6 atom stereocenters. The minimum Gasteiger partial charge on any atom is -0.393 e. The smallest absolute Gasteiger partial charge is 0.0577 e. The van der Waals surface area contributed by atoms with Gasteiger partial charge in [0.25, 0.3) is 0 Å². The third-order valence-electron chi connectivity index (χ3n) is 8.37. The van der Waals surface area contributed by atoms with Gasteiger partial charge in [0.1, 0.15) is 0 Å². The van der Waals surface area contributed by atoms with E-state index < -0.39 is 0 Å². The molecule has 25 heavy (non-hydrogen) atoms. The van der Waals surface area contributed by atoms with Crippen LogP contribution in [0, 0.1) is 28.6 Å². The number of hydrogen-bond acceptors (Lipinski definition) is 2. The number of rotatable bonds is 1. The van der Waals surface area contributed by atoms with Gasteiger partial charge in [0.05, 0.1) is 6.10 Å². The Morgan fingerprint density at radius 3 is 2.72 bits per heavy atom. The minimum atomic E-state index is -0.107. The Labute approximate surface area is 150 Å². The molecule has 0 aliphatic heterocycles. The maximum Gasteiger partial charge on any atom is 0.0577 e. The van der Waals surface area contributed by atoms with E-state index in [1.165, 1.54) is 37.8 Å². The van der Waals surface area contributed by atoms with Crippen molar-refractivity contribution < 1.29 is 5.11 Å². The molecular formula is C22H30N2O. The van der Waals surface area contributed by atoms with Gasteiger partial charge >= 0.3 is 0 Å². The predicted molar refractivity (Wildman–Crippen MR) is 99.6 cm³/mol. The number of allylic oxidation sites excluding steroid dienone is 3. The summed E-state index contributed by atoms with van der Waals surface area (Å²) in [6.07, 6.45) is 16.9. The predicted octanol–water partition coefficient (Wildman–Crippen LogP) is 4.66. The average molecular weight is 338 g/mol. The second kappa shape index (κ2) is 5.33. The largest absolute Gasteiger partial charge is 0.393 e. The molecule has 3 heteroatoms. The lowest BCUT2D eigenvalue weighted by atomic mass is 9.48. The van der Waals surface area contributed by atoms with Crippen LogP contribution in [-0.4, -0.2) is 21.0 Å². The van der Waals surface area contributed by atoms with Crippen LogP contribution in [0.2, 0.25) is 0 Å². The summed E-state index contributed by atoms with van der Waals surface area (Å²) in [5.74, 6) is 2.32. The monoisotopic (exact) mass is 338 g/mol. The normalized spacial score (nSPS) is 45.9. The van der Waals surface area contributed by atoms with Crippen LogP contribution in [0.1, 0.15) is 58.8 Å². The molecule has 0 bridgehead atoms. The van der Waals surface area contributed by atoms with E-state index in [0.717, 1.165) is 30.6 Å². The van der Waals surface area contributed by atoms with Crippen LogP contribution >= 0.6 is 0 Å². The van der Waals surface area contributed by atoms with Crippen LogP contribution in [0.25, 0.3) is 5.70 Å². The summed E-state index contributed by atoms with van der Waals surface area (Å²) in [5.41, 5.74) is 3.59. The van der Waals surface area contributed by atoms with Crippen molar-refractivity contribution in [2.75, 3.05) is 0 Å².